The number of carbonyl (C=O) groups excluding carboxylic acids is 1. The predicted molar refractivity (Wildman–Crippen MR) is 74.8 cm³/mol. The summed E-state index contributed by atoms with van der Waals surface area (Å²) in [6, 6.07) is 4.91. The molecule has 0 unspecified atom stereocenters. The van der Waals surface area contributed by atoms with Crippen LogP contribution in [0.15, 0.2) is 18.2 Å². The standard InChI is InChI=1S/C14H17N3O3/c1-3-13-16-11-8-10(14(19)20)4-5-12(11)17(13)7-6-15-9(2)18/h4-5,8H,3,6-7H2,1-2H3,(H,15,18)(H,19,20). The van der Waals surface area contributed by atoms with Crippen molar-refractivity contribution in [3.8, 4) is 0 Å². The number of imidazole rings is 1. The van der Waals surface area contributed by atoms with Gasteiger partial charge in [0.1, 0.15) is 5.82 Å². The van der Waals surface area contributed by atoms with Crippen LogP contribution in [-0.2, 0) is 17.8 Å². The van der Waals surface area contributed by atoms with Gasteiger partial charge >= 0.3 is 5.97 Å². The fourth-order valence-electron chi connectivity index (χ4n) is 2.18. The lowest BCUT2D eigenvalue weighted by atomic mass is 10.2. The van der Waals surface area contributed by atoms with E-state index in [0.717, 1.165) is 17.8 Å². The Kier molecular flexibility index (Phi) is 4.02. The van der Waals surface area contributed by atoms with Crippen LogP contribution in [0.5, 0.6) is 0 Å². The quantitative estimate of drug-likeness (QED) is 0.864. The number of hydrogen-bond acceptors (Lipinski definition) is 3. The number of nitrogens with one attached hydrogen (secondary N) is 1. The summed E-state index contributed by atoms with van der Waals surface area (Å²) in [6.07, 6.45) is 0.747. The maximum absolute atomic E-state index is 11.0. The van der Waals surface area contributed by atoms with Gasteiger partial charge in [-0.3, -0.25) is 4.79 Å². The molecule has 1 aromatic carbocycles. The highest BCUT2D eigenvalue weighted by Gasteiger charge is 2.11. The van der Waals surface area contributed by atoms with E-state index in [2.05, 4.69) is 10.3 Å². The summed E-state index contributed by atoms with van der Waals surface area (Å²) < 4.78 is 2.01. The van der Waals surface area contributed by atoms with E-state index in [-0.39, 0.29) is 11.5 Å². The normalized spacial score (nSPS) is 10.7. The van der Waals surface area contributed by atoms with Crippen molar-refractivity contribution in [3.05, 3.63) is 29.6 Å². The predicted octanol–water partition coefficient (Wildman–Crippen LogP) is 1.43. The molecule has 0 spiro atoms. The molecule has 0 bridgehead atoms. The summed E-state index contributed by atoms with van der Waals surface area (Å²) in [5.74, 6) is -0.147. The minimum absolute atomic E-state index is 0.0689. The number of aromatic nitrogens is 2. The molecule has 0 aliphatic carbocycles. The molecule has 2 aromatic rings. The number of fused-ring (bicyclic) bond motifs is 1. The van der Waals surface area contributed by atoms with Crippen LogP contribution in [-0.4, -0.2) is 33.1 Å². The van der Waals surface area contributed by atoms with Crippen molar-refractivity contribution in [2.45, 2.75) is 26.8 Å². The lowest BCUT2D eigenvalue weighted by molar-refractivity contribution is -0.118. The molecule has 2 N–H and O–H groups in total. The smallest absolute Gasteiger partial charge is 0.335 e. The molecule has 1 aromatic heterocycles. The number of aromatic carboxylic acids is 1. The molecular weight excluding hydrogens is 258 g/mol. The van der Waals surface area contributed by atoms with E-state index in [1.54, 1.807) is 18.2 Å². The van der Waals surface area contributed by atoms with Crippen LogP contribution >= 0.6 is 0 Å². The van der Waals surface area contributed by atoms with Crippen LogP contribution in [0.4, 0.5) is 0 Å². The van der Waals surface area contributed by atoms with Crippen molar-refractivity contribution in [1.29, 1.82) is 0 Å². The Morgan fingerprint density at radius 3 is 2.75 bits per heavy atom. The number of carboxylic acids is 1. The minimum atomic E-state index is -0.960. The molecule has 0 saturated heterocycles. The maximum Gasteiger partial charge on any atom is 0.335 e. The van der Waals surface area contributed by atoms with Gasteiger partial charge in [0.05, 0.1) is 16.6 Å². The zero-order valence-corrected chi connectivity index (χ0v) is 11.5. The number of carbonyl (C=O) groups is 2. The Bertz CT molecular complexity index is 661. The first kappa shape index (κ1) is 14.0. The van der Waals surface area contributed by atoms with Crippen molar-refractivity contribution < 1.29 is 14.7 Å². The molecule has 2 rings (SSSR count). The lowest BCUT2D eigenvalue weighted by Gasteiger charge is -2.08. The molecule has 6 nitrogen and oxygen atoms in total. The third-order valence-electron chi connectivity index (χ3n) is 3.10. The number of amides is 1. The van der Waals surface area contributed by atoms with E-state index in [1.807, 2.05) is 11.5 Å². The monoisotopic (exact) mass is 275 g/mol. The second-order valence-electron chi connectivity index (χ2n) is 4.52. The topological polar surface area (TPSA) is 84.2 Å². The first-order chi connectivity index (χ1) is 9.52. The van der Waals surface area contributed by atoms with Crippen molar-refractivity contribution in [2.24, 2.45) is 0 Å². The van der Waals surface area contributed by atoms with Crippen LogP contribution in [0.25, 0.3) is 11.0 Å². The van der Waals surface area contributed by atoms with E-state index in [9.17, 15) is 9.59 Å². The number of rotatable bonds is 5. The molecule has 0 atom stereocenters. The van der Waals surface area contributed by atoms with Gasteiger partial charge in [0.25, 0.3) is 0 Å². The molecule has 0 radical (unpaired) electrons. The number of aryl methyl sites for hydroxylation is 1. The lowest BCUT2D eigenvalue weighted by Crippen LogP contribution is -2.25. The van der Waals surface area contributed by atoms with Crippen molar-refractivity contribution >= 4 is 22.9 Å². The highest BCUT2D eigenvalue weighted by molar-refractivity contribution is 5.92. The molecule has 1 amide bonds. The van der Waals surface area contributed by atoms with Gasteiger partial charge in [-0.2, -0.15) is 0 Å². The van der Waals surface area contributed by atoms with Gasteiger partial charge in [0, 0.05) is 26.4 Å². The highest BCUT2D eigenvalue weighted by atomic mass is 16.4. The first-order valence-corrected chi connectivity index (χ1v) is 6.49. The van der Waals surface area contributed by atoms with Gasteiger partial charge in [-0.15, -0.1) is 0 Å². The summed E-state index contributed by atoms with van der Waals surface area (Å²) >= 11 is 0. The Balaban J connectivity index is 2.36. The van der Waals surface area contributed by atoms with E-state index in [4.69, 9.17) is 5.11 Å². The fraction of sp³-hybridized carbons (Fsp3) is 0.357. The van der Waals surface area contributed by atoms with Crippen LogP contribution in [0, 0.1) is 0 Å². The van der Waals surface area contributed by atoms with Gasteiger partial charge < -0.3 is 15.0 Å². The fourth-order valence-corrected chi connectivity index (χ4v) is 2.18. The second kappa shape index (κ2) is 5.73. The Morgan fingerprint density at radius 1 is 1.40 bits per heavy atom. The van der Waals surface area contributed by atoms with Gasteiger partial charge in [0.2, 0.25) is 5.91 Å². The number of hydrogen-bond donors (Lipinski definition) is 2. The first-order valence-electron chi connectivity index (χ1n) is 6.49. The van der Waals surface area contributed by atoms with Gasteiger partial charge in [-0.05, 0) is 18.2 Å². The van der Waals surface area contributed by atoms with Crippen LogP contribution in [0.1, 0.15) is 30.0 Å². The molecule has 6 heteroatoms. The number of benzene rings is 1. The zero-order chi connectivity index (χ0) is 14.7. The van der Waals surface area contributed by atoms with Gasteiger partial charge in [-0.1, -0.05) is 6.92 Å². The molecule has 0 saturated carbocycles. The number of carboxylic acid groups (broad SMARTS) is 1. The molecule has 0 aliphatic heterocycles. The van der Waals surface area contributed by atoms with Crippen molar-refractivity contribution in [3.63, 3.8) is 0 Å². The van der Waals surface area contributed by atoms with Gasteiger partial charge in [0.15, 0.2) is 0 Å². The minimum Gasteiger partial charge on any atom is -0.478 e. The summed E-state index contributed by atoms with van der Waals surface area (Å²) in [4.78, 5) is 26.3. The van der Waals surface area contributed by atoms with E-state index in [1.165, 1.54) is 6.92 Å². The summed E-state index contributed by atoms with van der Waals surface area (Å²) in [5, 5.41) is 11.7. The summed E-state index contributed by atoms with van der Waals surface area (Å²) in [6.45, 7) is 4.61. The SMILES string of the molecule is CCc1nc2cc(C(=O)O)ccc2n1CCNC(C)=O. The Hall–Kier alpha value is -2.37. The molecule has 1 heterocycles. The molecule has 0 aliphatic rings. The molecule has 106 valence electrons. The Labute approximate surface area is 116 Å². The molecule has 20 heavy (non-hydrogen) atoms. The van der Waals surface area contributed by atoms with Crippen molar-refractivity contribution in [1.82, 2.24) is 14.9 Å². The largest absolute Gasteiger partial charge is 0.478 e. The van der Waals surface area contributed by atoms with E-state index >= 15 is 0 Å². The van der Waals surface area contributed by atoms with Crippen molar-refractivity contribution in [2.75, 3.05) is 6.54 Å². The third kappa shape index (κ3) is 2.79. The highest BCUT2D eigenvalue weighted by Crippen LogP contribution is 2.18. The second-order valence-corrected chi connectivity index (χ2v) is 4.52. The molecular formula is C14H17N3O3. The van der Waals surface area contributed by atoms with Gasteiger partial charge in [-0.25, -0.2) is 9.78 Å². The maximum atomic E-state index is 11.0. The van der Waals surface area contributed by atoms with E-state index < -0.39 is 5.97 Å². The van der Waals surface area contributed by atoms with Crippen LogP contribution in [0.3, 0.4) is 0 Å². The number of nitrogens with zero attached hydrogens (tertiary/aromatic N) is 2. The average molecular weight is 275 g/mol. The third-order valence-corrected chi connectivity index (χ3v) is 3.10. The summed E-state index contributed by atoms with van der Waals surface area (Å²) in [7, 11) is 0. The van der Waals surface area contributed by atoms with E-state index in [0.29, 0.717) is 18.6 Å². The molecule has 0 fully saturated rings. The zero-order valence-electron chi connectivity index (χ0n) is 11.5. The van der Waals surface area contributed by atoms with Crippen LogP contribution in [0.2, 0.25) is 0 Å². The Morgan fingerprint density at radius 2 is 2.15 bits per heavy atom. The average Bonchev–Trinajstić information content (AvgIpc) is 2.75. The van der Waals surface area contributed by atoms with Crippen LogP contribution < -0.4 is 5.32 Å². The summed E-state index contributed by atoms with van der Waals surface area (Å²) in [5.41, 5.74) is 1.79.